The summed E-state index contributed by atoms with van der Waals surface area (Å²) in [4.78, 5) is 1.71. The van der Waals surface area contributed by atoms with Crippen LogP contribution in [0.4, 0.5) is 13.2 Å². The standard InChI is InChI=1S/CH2F3NOS.K.H/c2-1(3,4)7-5-6-7;;/h5,7H;;. The fraction of sp³-hybridized carbons (Fsp3) is 1.00. The number of hydrogen-bond acceptors (Lipinski definition) is 2. The Kier molecular flexibility index (Phi) is 3.87. The molecule has 8 heavy (non-hydrogen) atoms. The third-order valence-electron chi connectivity index (χ3n) is 0.413. The zero-order chi connectivity index (χ0) is 5.49. The van der Waals surface area contributed by atoms with Crippen molar-refractivity contribution in [2.45, 2.75) is 5.51 Å². The number of hydrogen-bond donors (Lipinski definition) is 2. The molecule has 1 unspecified atom stereocenters. The molecule has 0 amide bonds. The van der Waals surface area contributed by atoms with E-state index in [0.29, 0.717) is 0 Å². The third-order valence-corrected chi connectivity index (χ3v) is 1.24. The van der Waals surface area contributed by atoms with Crippen molar-refractivity contribution in [3.63, 3.8) is 0 Å². The zero-order valence-electron chi connectivity index (χ0n) is 2.99. The topological polar surface area (TPSA) is 34.5 Å². The van der Waals surface area contributed by atoms with Crippen LogP contribution in [0.2, 0.25) is 0 Å². The molecule has 0 radical (unpaired) electrons. The van der Waals surface area contributed by atoms with E-state index in [2.05, 4.69) is 4.28 Å². The predicted octanol–water partition coefficient (Wildman–Crippen LogP) is 0.224. The summed E-state index contributed by atoms with van der Waals surface area (Å²) in [5.41, 5.74) is -4.16. The summed E-state index contributed by atoms with van der Waals surface area (Å²) in [7, 11) is 0. The van der Waals surface area contributed by atoms with Crippen LogP contribution in [0.1, 0.15) is 0 Å². The molecule has 1 aliphatic rings. The average Bonchev–Trinajstić information content (AvgIpc) is 1.99. The van der Waals surface area contributed by atoms with Gasteiger partial charge in [0.2, 0.25) is 0 Å². The van der Waals surface area contributed by atoms with E-state index in [1.807, 2.05) is 0 Å². The van der Waals surface area contributed by atoms with Crippen molar-refractivity contribution in [3.05, 3.63) is 0 Å². The minimum absolute atomic E-state index is 0. The molecule has 0 aromatic rings. The second-order valence-electron chi connectivity index (χ2n) is 0.945. The van der Waals surface area contributed by atoms with Crippen molar-refractivity contribution < 1.29 is 17.5 Å². The number of nitrogens with one attached hydrogen (secondary N) is 1. The van der Waals surface area contributed by atoms with Crippen LogP contribution in [-0.2, 0) is 4.28 Å². The Bertz CT molecular complexity index is 81.8. The molecule has 46 valence electrons. The molecule has 1 N–H and O–H groups in total. The van der Waals surface area contributed by atoms with Crippen LogP contribution in [0.25, 0.3) is 0 Å². The van der Waals surface area contributed by atoms with Crippen LogP contribution in [0, 0.1) is 0 Å². The Hall–Kier alpha value is 1.70. The van der Waals surface area contributed by atoms with Gasteiger partial charge in [-0.25, -0.2) is 4.28 Å². The summed E-state index contributed by atoms with van der Waals surface area (Å²) >= 11 is -2.24. The van der Waals surface area contributed by atoms with Crippen LogP contribution in [-0.4, -0.2) is 56.9 Å². The van der Waals surface area contributed by atoms with E-state index in [9.17, 15) is 13.2 Å². The van der Waals surface area contributed by atoms with Gasteiger partial charge in [0, 0.05) is 11.4 Å². The zero-order valence-corrected chi connectivity index (χ0v) is 3.88. The van der Waals surface area contributed by atoms with Gasteiger partial charge in [0.05, 0.1) is 0 Å². The molecule has 1 atom stereocenters. The van der Waals surface area contributed by atoms with E-state index in [-0.39, 0.29) is 51.4 Å². The second kappa shape index (κ2) is 3.20. The quantitative estimate of drug-likeness (QED) is 0.312. The second-order valence-corrected chi connectivity index (χ2v) is 2.41. The monoisotopic (exact) mass is 173 g/mol. The molecule has 0 aliphatic carbocycles. The molecule has 0 aromatic carbocycles. The Morgan fingerprint density at radius 1 is 1.38 bits per heavy atom. The van der Waals surface area contributed by atoms with Gasteiger partial charge in [-0.05, 0) is 0 Å². The van der Waals surface area contributed by atoms with Crippen LogP contribution in [0.15, 0.2) is 0 Å². The van der Waals surface area contributed by atoms with Gasteiger partial charge in [-0.2, -0.15) is 13.2 Å². The summed E-state index contributed by atoms with van der Waals surface area (Å²) < 4.78 is 37.0. The first kappa shape index (κ1) is 9.70. The fourth-order valence-electron chi connectivity index (χ4n) is 0.124. The Balaban J connectivity index is 0.000000490. The number of alkyl halides is 3. The molecule has 0 spiro atoms. The molecule has 2 nitrogen and oxygen atoms in total. The molecule has 0 aromatic heterocycles. The van der Waals surface area contributed by atoms with Crippen LogP contribution in [0.5, 0.6) is 0 Å². The average molecular weight is 173 g/mol. The third kappa shape index (κ3) is 3.02. The molecule has 1 fully saturated rings. The van der Waals surface area contributed by atoms with Crippen LogP contribution >= 0.6 is 11.4 Å². The number of thiol groups is 1. The summed E-state index contributed by atoms with van der Waals surface area (Å²) in [6.45, 7) is 0. The van der Waals surface area contributed by atoms with Crippen molar-refractivity contribution in [3.8, 4) is 0 Å². The molecule has 0 saturated carbocycles. The Labute approximate surface area is 89.2 Å². The van der Waals surface area contributed by atoms with Crippen LogP contribution < -0.4 is 4.89 Å². The fourth-order valence-corrected chi connectivity index (χ4v) is 0.494. The number of rotatable bonds is 0. The Morgan fingerprint density at radius 3 is 1.75 bits per heavy atom. The van der Waals surface area contributed by atoms with Crippen molar-refractivity contribution in [2.24, 2.45) is 0 Å². The van der Waals surface area contributed by atoms with E-state index in [1.165, 1.54) is 0 Å². The van der Waals surface area contributed by atoms with Gasteiger partial charge in [0.1, 0.15) is 0 Å². The number of halogens is 3. The van der Waals surface area contributed by atoms with Gasteiger partial charge in [0.15, 0.2) is 0 Å². The molecular weight excluding hydrogens is 170 g/mol. The van der Waals surface area contributed by atoms with E-state index < -0.39 is 16.9 Å². The predicted molar refractivity (Wildman–Crippen MR) is 26.4 cm³/mol. The van der Waals surface area contributed by atoms with E-state index >= 15 is 0 Å². The van der Waals surface area contributed by atoms with E-state index in [0.717, 1.165) is 0 Å². The molecule has 1 heterocycles. The van der Waals surface area contributed by atoms with Gasteiger partial charge in [-0.3, -0.25) is 0 Å². The molecule has 0 bridgehead atoms. The molecule has 7 heteroatoms. The summed E-state index contributed by atoms with van der Waals surface area (Å²) in [5, 5.41) is 0. The van der Waals surface area contributed by atoms with E-state index in [4.69, 9.17) is 0 Å². The van der Waals surface area contributed by atoms with Gasteiger partial charge in [0.25, 0.3) is 0 Å². The molecule has 1 saturated heterocycles. The Morgan fingerprint density at radius 2 is 1.75 bits per heavy atom. The SMILES string of the molecule is FC(F)(F)[SH]1NO1.[KH]. The van der Waals surface area contributed by atoms with Crippen LogP contribution in [0.3, 0.4) is 0 Å². The first-order chi connectivity index (χ1) is 3.11. The van der Waals surface area contributed by atoms with Crippen molar-refractivity contribution in [1.82, 2.24) is 4.89 Å². The van der Waals surface area contributed by atoms with Gasteiger partial charge in [-0.1, -0.05) is 0 Å². The summed E-state index contributed by atoms with van der Waals surface area (Å²) in [6, 6.07) is 0. The van der Waals surface area contributed by atoms with Gasteiger partial charge < -0.3 is 0 Å². The maximum absolute atomic E-state index is 11.1. The van der Waals surface area contributed by atoms with E-state index in [1.54, 1.807) is 4.89 Å². The molecule has 1 aliphatic heterocycles. The summed E-state index contributed by atoms with van der Waals surface area (Å²) in [6.07, 6.45) is 0. The maximum atomic E-state index is 11.1. The first-order valence-corrected chi connectivity index (χ1v) is 2.66. The van der Waals surface area contributed by atoms with Gasteiger partial charge >= 0.3 is 56.9 Å². The van der Waals surface area contributed by atoms with Gasteiger partial charge in [-0.15, -0.1) is 4.89 Å². The minimum atomic E-state index is -4.16. The normalized spacial score (nSPS) is 31.1. The summed E-state index contributed by atoms with van der Waals surface area (Å²) in [5.74, 6) is 0. The molecule has 1 rings (SSSR count). The first-order valence-electron chi connectivity index (χ1n) is 1.40. The molecular formula is CH3F3KNOS. The van der Waals surface area contributed by atoms with Crippen molar-refractivity contribution in [1.29, 1.82) is 0 Å². The van der Waals surface area contributed by atoms with Crippen molar-refractivity contribution in [2.75, 3.05) is 0 Å². The van der Waals surface area contributed by atoms with Crippen molar-refractivity contribution >= 4 is 62.7 Å².